The number of hydrogen-bond acceptors (Lipinski definition) is 2. The second-order valence-corrected chi connectivity index (χ2v) is 6.41. The minimum absolute atomic E-state index is 0.314. The maximum atomic E-state index is 11.8. The van der Waals surface area contributed by atoms with Gasteiger partial charge in [0, 0.05) is 15.6 Å². The monoisotopic (exact) mass is 418 g/mol. The lowest BCUT2D eigenvalue weighted by molar-refractivity contribution is -0.115. The van der Waals surface area contributed by atoms with Gasteiger partial charge in [0.1, 0.15) is 0 Å². The number of hydrazine groups is 1. The highest BCUT2D eigenvalue weighted by atomic mass is 79.9. The molecule has 0 aliphatic rings. The molecular formula is C15H10BrCl3N2O. The van der Waals surface area contributed by atoms with Crippen molar-refractivity contribution in [3.05, 3.63) is 67.6 Å². The lowest BCUT2D eigenvalue weighted by Gasteiger charge is -2.10. The standard InChI is InChI=1S/C15H10BrCl3N2O/c16-10-3-1-2-9(6-10)4-5-14(22)20-21-15-12(18)7-11(17)8-13(15)19/h1-8,21H,(H,20,22)/b5-4+. The molecule has 0 saturated heterocycles. The van der Waals surface area contributed by atoms with Gasteiger partial charge in [0.25, 0.3) is 5.91 Å². The van der Waals surface area contributed by atoms with E-state index in [1.54, 1.807) is 6.08 Å². The van der Waals surface area contributed by atoms with E-state index in [2.05, 4.69) is 26.8 Å². The Balaban J connectivity index is 1.99. The zero-order valence-corrected chi connectivity index (χ0v) is 14.9. The van der Waals surface area contributed by atoms with Gasteiger partial charge >= 0.3 is 0 Å². The molecule has 0 aromatic heterocycles. The predicted molar refractivity (Wildman–Crippen MR) is 96.4 cm³/mol. The Labute approximate surface area is 151 Å². The number of carbonyl (C=O) groups excluding carboxylic acids is 1. The van der Waals surface area contributed by atoms with Gasteiger partial charge < -0.3 is 0 Å². The molecule has 1 amide bonds. The van der Waals surface area contributed by atoms with E-state index < -0.39 is 0 Å². The average molecular weight is 421 g/mol. The van der Waals surface area contributed by atoms with E-state index in [1.165, 1.54) is 18.2 Å². The molecule has 0 radical (unpaired) electrons. The number of anilines is 1. The van der Waals surface area contributed by atoms with Crippen LogP contribution < -0.4 is 10.9 Å². The summed E-state index contributed by atoms with van der Waals surface area (Å²) in [4.78, 5) is 11.8. The lowest BCUT2D eigenvalue weighted by atomic mass is 10.2. The third-order valence-corrected chi connectivity index (χ3v) is 3.90. The van der Waals surface area contributed by atoms with Crippen LogP contribution in [0.2, 0.25) is 15.1 Å². The summed E-state index contributed by atoms with van der Waals surface area (Å²) in [7, 11) is 0. The minimum Gasteiger partial charge on any atom is -0.295 e. The summed E-state index contributed by atoms with van der Waals surface area (Å²) in [6, 6.07) is 10.6. The number of benzene rings is 2. The third kappa shape index (κ3) is 4.92. The first-order valence-corrected chi connectivity index (χ1v) is 8.02. The Morgan fingerprint density at radius 2 is 1.77 bits per heavy atom. The lowest BCUT2D eigenvalue weighted by Crippen LogP contribution is -2.27. The van der Waals surface area contributed by atoms with Crippen LogP contribution in [0.15, 0.2) is 46.9 Å². The molecule has 2 N–H and O–H groups in total. The van der Waals surface area contributed by atoms with Gasteiger partial charge in [-0.05, 0) is 35.9 Å². The Morgan fingerprint density at radius 1 is 1.09 bits per heavy atom. The van der Waals surface area contributed by atoms with Crippen molar-refractivity contribution in [2.75, 3.05) is 5.43 Å². The van der Waals surface area contributed by atoms with Crippen LogP contribution in [0, 0.1) is 0 Å². The summed E-state index contributed by atoms with van der Waals surface area (Å²) in [6.45, 7) is 0. The molecule has 7 heteroatoms. The third-order valence-electron chi connectivity index (χ3n) is 2.59. The molecular weight excluding hydrogens is 410 g/mol. The second-order valence-electron chi connectivity index (χ2n) is 4.25. The predicted octanol–water partition coefficient (Wildman–Crippen LogP) is 5.57. The fraction of sp³-hybridized carbons (Fsp3) is 0. The SMILES string of the molecule is O=C(/C=C/c1cccc(Br)c1)NNc1c(Cl)cc(Cl)cc1Cl. The van der Waals surface area contributed by atoms with Gasteiger partial charge in [-0.2, -0.15) is 0 Å². The van der Waals surface area contributed by atoms with E-state index in [9.17, 15) is 4.79 Å². The van der Waals surface area contributed by atoms with Crippen molar-refractivity contribution in [3.8, 4) is 0 Å². The van der Waals surface area contributed by atoms with Gasteiger partial charge in [-0.3, -0.25) is 15.6 Å². The first-order chi connectivity index (χ1) is 10.5. The second kappa shape index (κ2) is 7.88. The molecule has 2 rings (SSSR count). The summed E-state index contributed by atoms with van der Waals surface area (Å²) in [5.41, 5.74) is 6.44. The molecule has 114 valence electrons. The van der Waals surface area contributed by atoms with E-state index in [-0.39, 0.29) is 5.91 Å². The molecule has 0 aliphatic heterocycles. The van der Waals surface area contributed by atoms with Gasteiger partial charge in [0.05, 0.1) is 15.7 Å². The van der Waals surface area contributed by atoms with Crippen molar-refractivity contribution < 1.29 is 4.79 Å². The Morgan fingerprint density at radius 3 is 2.41 bits per heavy atom. The van der Waals surface area contributed by atoms with Gasteiger partial charge in [-0.25, -0.2) is 0 Å². The van der Waals surface area contributed by atoms with Gasteiger partial charge in [-0.1, -0.05) is 62.9 Å². The molecule has 0 aliphatic carbocycles. The van der Waals surface area contributed by atoms with Crippen LogP contribution in [0.25, 0.3) is 6.08 Å². The van der Waals surface area contributed by atoms with Gasteiger partial charge in [0.15, 0.2) is 0 Å². The average Bonchev–Trinajstić information content (AvgIpc) is 2.44. The molecule has 0 fully saturated rings. The normalized spacial score (nSPS) is 10.7. The maximum absolute atomic E-state index is 11.8. The highest BCUT2D eigenvalue weighted by Crippen LogP contribution is 2.33. The van der Waals surface area contributed by atoms with Crippen molar-refractivity contribution in [1.29, 1.82) is 0 Å². The highest BCUT2D eigenvalue weighted by molar-refractivity contribution is 9.10. The van der Waals surface area contributed by atoms with E-state index >= 15 is 0 Å². The Kier molecular flexibility index (Phi) is 6.15. The summed E-state index contributed by atoms with van der Waals surface area (Å²) < 4.78 is 0.938. The molecule has 2 aromatic carbocycles. The summed E-state index contributed by atoms with van der Waals surface area (Å²) in [6.07, 6.45) is 3.08. The zero-order valence-electron chi connectivity index (χ0n) is 11.0. The van der Waals surface area contributed by atoms with Crippen molar-refractivity contribution in [2.24, 2.45) is 0 Å². The molecule has 2 aromatic rings. The number of amides is 1. The van der Waals surface area contributed by atoms with E-state index in [1.807, 2.05) is 24.3 Å². The number of carbonyl (C=O) groups is 1. The number of nitrogens with one attached hydrogen (secondary N) is 2. The number of halogens is 4. The highest BCUT2D eigenvalue weighted by Gasteiger charge is 2.08. The molecule has 0 unspecified atom stereocenters. The van der Waals surface area contributed by atoms with Crippen LogP contribution in [-0.4, -0.2) is 5.91 Å². The fourth-order valence-corrected chi connectivity index (χ4v) is 2.94. The first kappa shape index (κ1) is 17.2. The summed E-state index contributed by atoms with van der Waals surface area (Å²) in [5, 5.41) is 1.05. The van der Waals surface area contributed by atoms with Crippen LogP contribution >= 0.6 is 50.7 Å². The zero-order chi connectivity index (χ0) is 16.1. The Hall–Kier alpha value is -1.20. The molecule has 22 heavy (non-hydrogen) atoms. The molecule has 0 spiro atoms. The molecule has 0 bridgehead atoms. The van der Waals surface area contributed by atoms with Crippen LogP contribution in [0.3, 0.4) is 0 Å². The van der Waals surface area contributed by atoms with Crippen molar-refractivity contribution in [1.82, 2.24) is 5.43 Å². The quantitative estimate of drug-likeness (QED) is 0.502. The van der Waals surface area contributed by atoms with Crippen molar-refractivity contribution >= 4 is 68.4 Å². The molecule has 0 heterocycles. The fourth-order valence-electron chi connectivity index (χ4n) is 1.61. The summed E-state index contributed by atoms with van der Waals surface area (Å²) >= 11 is 21.2. The summed E-state index contributed by atoms with van der Waals surface area (Å²) in [5.74, 6) is -0.345. The van der Waals surface area contributed by atoms with Crippen molar-refractivity contribution in [3.63, 3.8) is 0 Å². The minimum atomic E-state index is -0.345. The van der Waals surface area contributed by atoms with E-state index in [0.29, 0.717) is 20.8 Å². The topological polar surface area (TPSA) is 41.1 Å². The van der Waals surface area contributed by atoms with E-state index in [4.69, 9.17) is 34.8 Å². The molecule has 3 nitrogen and oxygen atoms in total. The molecule has 0 saturated carbocycles. The number of hydrogen-bond donors (Lipinski definition) is 2. The van der Waals surface area contributed by atoms with E-state index in [0.717, 1.165) is 10.0 Å². The van der Waals surface area contributed by atoms with Gasteiger partial charge in [0.2, 0.25) is 0 Å². The Bertz CT molecular complexity index is 711. The van der Waals surface area contributed by atoms with Crippen LogP contribution in [0.5, 0.6) is 0 Å². The van der Waals surface area contributed by atoms with Crippen LogP contribution in [0.1, 0.15) is 5.56 Å². The van der Waals surface area contributed by atoms with Crippen molar-refractivity contribution in [2.45, 2.75) is 0 Å². The van der Waals surface area contributed by atoms with Gasteiger partial charge in [-0.15, -0.1) is 0 Å². The molecule has 0 atom stereocenters. The maximum Gasteiger partial charge on any atom is 0.262 e. The smallest absolute Gasteiger partial charge is 0.262 e. The first-order valence-electron chi connectivity index (χ1n) is 6.10. The largest absolute Gasteiger partial charge is 0.295 e. The van der Waals surface area contributed by atoms with Crippen LogP contribution in [0.4, 0.5) is 5.69 Å². The van der Waals surface area contributed by atoms with Crippen LogP contribution in [-0.2, 0) is 4.79 Å². The number of rotatable bonds is 4.